The summed E-state index contributed by atoms with van der Waals surface area (Å²) in [6.45, 7) is 12.7. The Hall–Kier alpha value is -0.120. The highest BCUT2D eigenvalue weighted by Gasteiger charge is 2.22. The van der Waals surface area contributed by atoms with Gasteiger partial charge in [0.15, 0.2) is 5.96 Å². The summed E-state index contributed by atoms with van der Waals surface area (Å²) >= 11 is 0. The van der Waals surface area contributed by atoms with Crippen molar-refractivity contribution in [3.8, 4) is 0 Å². The Bertz CT molecular complexity index is 379. The molecule has 0 aromatic rings. The van der Waals surface area contributed by atoms with Crippen LogP contribution >= 0.6 is 24.0 Å². The lowest BCUT2D eigenvalue weighted by Crippen LogP contribution is -2.45. The molecule has 25 heavy (non-hydrogen) atoms. The molecular formula is C18H39IN6. The summed E-state index contributed by atoms with van der Waals surface area (Å²) in [5.41, 5.74) is 0. The third-order valence-electron chi connectivity index (χ3n) is 5.39. The molecule has 0 spiro atoms. The van der Waals surface area contributed by atoms with Crippen LogP contribution in [0.4, 0.5) is 0 Å². The predicted octanol–water partition coefficient (Wildman–Crippen LogP) is 1.28. The van der Waals surface area contributed by atoms with Crippen LogP contribution in [0.3, 0.4) is 0 Å². The van der Waals surface area contributed by atoms with Crippen molar-refractivity contribution in [2.24, 2.45) is 4.99 Å². The molecule has 2 fully saturated rings. The highest BCUT2D eigenvalue weighted by molar-refractivity contribution is 14.0. The fourth-order valence-corrected chi connectivity index (χ4v) is 3.81. The van der Waals surface area contributed by atoms with Gasteiger partial charge in [0.25, 0.3) is 0 Å². The topological polar surface area (TPSA) is 46.1 Å². The normalized spacial score (nSPS) is 24.0. The van der Waals surface area contributed by atoms with Gasteiger partial charge >= 0.3 is 0 Å². The largest absolute Gasteiger partial charge is 0.356 e. The van der Waals surface area contributed by atoms with Gasteiger partial charge in [-0.05, 0) is 65.5 Å². The number of likely N-dealkylation sites (N-methyl/N-ethyl adjacent to an activating group) is 2. The van der Waals surface area contributed by atoms with Gasteiger partial charge < -0.3 is 20.4 Å². The molecule has 2 rings (SSSR count). The van der Waals surface area contributed by atoms with Crippen LogP contribution in [0.2, 0.25) is 0 Å². The van der Waals surface area contributed by atoms with E-state index in [2.05, 4.69) is 44.3 Å². The number of nitrogens with one attached hydrogen (secondary N) is 2. The quantitative estimate of drug-likeness (QED) is 0.256. The molecule has 2 aliphatic heterocycles. The zero-order chi connectivity index (χ0) is 17.2. The molecule has 2 saturated heterocycles. The summed E-state index contributed by atoms with van der Waals surface area (Å²) in [7, 11) is 4.09. The van der Waals surface area contributed by atoms with E-state index >= 15 is 0 Å². The Morgan fingerprint density at radius 2 is 1.92 bits per heavy atom. The van der Waals surface area contributed by atoms with Crippen LogP contribution in [0.1, 0.15) is 32.6 Å². The van der Waals surface area contributed by atoms with Crippen molar-refractivity contribution in [3.05, 3.63) is 0 Å². The smallest absolute Gasteiger partial charge is 0.191 e. The van der Waals surface area contributed by atoms with Crippen LogP contribution in [0, 0.1) is 0 Å². The Kier molecular flexibility index (Phi) is 12.0. The van der Waals surface area contributed by atoms with Crippen molar-refractivity contribution in [2.75, 3.05) is 73.0 Å². The Morgan fingerprint density at radius 1 is 1.08 bits per heavy atom. The first kappa shape index (κ1) is 22.9. The fourth-order valence-electron chi connectivity index (χ4n) is 3.81. The highest BCUT2D eigenvalue weighted by atomic mass is 127. The summed E-state index contributed by atoms with van der Waals surface area (Å²) < 4.78 is 0. The van der Waals surface area contributed by atoms with Gasteiger partial charge in [0, 0.05) is 39.3 Å². The molecule has 148 valence electrons. The first-order valence-corrected chi connectivity index (χ1v) is 9.82. The van der Waals surface area contributed by atoms with Crippen LogP contribution in [0.5, 0.6) is 0 Å². The van der Waals surface area contributed by atoms with E-state index in [1.54, 1.807) is 0 Å². The average Bonchev–Trinajstić information content (AvgIpc) is 2.95. The van der Waals surface area contributed by atoms with E-state index in [0.717, 1.165) is 25.6 Å². The number of rotatable bonds is 7. The maximum atomic E-state index is 4.36. The molecule has 1 unspecified atom stereocenters. The van der Waals surface area contributed by atoms with Gasteiger partial charge in [0.1, 0.15) is 0 Å². The van der Waals surface area contributed by atoms with Crippen LogP contribution < -0.4 is 10.6 Å². The first-order valence-electron chi connectivity index (χ1n) is 9.82. The molecule has 2 aliphatic rings. The molecule has 0 aliphatic carbocycles. The number of aliphatic imine (C=N–C) groups is 1. The van der Waals surface area contributed by atoms with Gasteiger partial charge in [0.05, 0.1) is 0 Å². The van der Waals surface area contributed by atoms with Gasteiger partial charge in [-0.25, -0.2) is 0 Å². The maximum absolute atomic E-state index is 4.36. The van der Waals surface area contributed by atoms with Gasteiger partial charge in [-0.1, -0.05) is 6.92 Å². The molecule has 2 heterocycles. The van der Waals surface area contributed by atoms with Crippen molar-refractivity contribution in [1.29, 1.82) is 0 Å². The lowest BCUT2D eigenvalue weighted by molar-refractivity contribution is 0.266. The van der Waals surface area contributed by atoms with Gasteiger partial charge in [0.2, 0.25) is 0 Å². The summed E-state index contributed by atoms with van der Waals surface area (Å²) in [6, 6.07) is 0.669. The first-order chi connectivity index (χ1) is 11.7. The van der Waals surface area contributed by atoms with Crippen LogP contribution in [0.25, 0.3) is 0 Å². The summed E-state index contributed by atoms with van der Waals surface area (Å²) in [5, 5.41) is 6.98. The molecule has 2 N–H and O–H groups in total. The molecule has 0 amide bonds. The maximum Gasteiger partial charge on any atom is 0.191 e. The van der Waals surface area contributed by atoms with Crippen molar-refractivity contribution in [3.63, 3.8) is 0 Å². The number of likely N-dealkylation sites (tertiary alicyclic amines) is 1. The van der Waals surface area contributed by atoms with Gasteiger partial charge in [-0.3, -0.25) is 9.89 Å². The fraction of sp³-hybridized carbons (Fsp3) is 0.944. The number of nitrogens with zero attached hydrogens (tertiary/aromatic N) is 4. The van der Waals surface area contributed by atoms with E-state index in [9.17, 15) is 0 Å². The van der Waals surface area contributed by atoms with Gasteiger partial charge in [-0.2, -0.15) is 0 Å². The van der Waals surface area contributed by atoms with Crippen LogP contribution in [0.15, 0.2) is 4.99 Å². The standard InChI is InChI=1S/C18H38N6.HI/c1-4-24-13-5-8-17(24)16-21-18(19-2)20-9-6-11-23-12-7-10-22(3)14-15-23;/h17H,4-16H2,1-3H3,(H2,19,20,21);1H. The second-order valence-electron chi connectivity index (χ2n) is 7.16. The zero-order valence-electron chi connectivity index (χ0n) is 16.5. The second-order valence-corrected chi connectivity index (χ2v) is 7.16. The van der Waals surface area contributed by atoms with Crippen molar-refractivity contribution in [1.82, 2.24) is 25.3 Å². The van der Waals surface area contributed by atoms with E-state index in [0.29, 0.717) is 6.04 Å². The Morgan fingerprint density at radius 3 is 2.68 bits per heavy atom. The van der Waals surface area contributed by atoms with Crippen molar-refractivity contribution in [2.45, 2.75) is 38.6 Å². The molecule has 7 heteroatoms. The summed E-state index contributed by atoms with van der Waals surface area (Å²) in [6.07, 6.45) is 5.11. The minimum absolute atomic E-state index is 0. The third-order valence-corrected chi connectivity index (χ3v) is 5.39. The van der Waals surface area contributed by atoms with Crippen molar-refractivity contribution >= 4 is 29.9 Å². The summed E-state index contributed by atoms with van der Waals surface area (Å²) in [4.78, 5) is 12.0. The Labute approximate surface area is 171 Å². The Balaban J connectivity index is 0.00000312. The second kappa shape index (κ2) is 13.1. The molecule has 0 aromatic carbocycles. The van der Waals surface area contributed by atoms with E-state index in [4.69, 9.17) is 0 Å². The molecule has 6 nitrogen and oxygen atoms in total. The number of guanidine groups is 1. The van der Waals surface area contributed by atoms with E-state index in [1.807, 2.05) is 7.05 Å². The molecule has 0 bridgehead atoms. The number of hydrogen-bond acceptors (Lipinski definition) is 4. The molecule has 0 saturated carbocycles. The highest BCUT2D eigenvalue weighted by Crippen LogP contribution is 2.15. The van der Waals surface area contributed by atoms with E-state index in [1.165, 1.54) is 65.0 Å². The lowest BCUT2D eigenvalue weighted by atomic mass is 10.2. The zero-order valence-corrected chi connectivity index (χ0v) is 18.8. The summed E-state index contributed by atoms with van der Waals surface area (Å²) in [5.74, 6) is 0.952. The van der Waals surface area contributed by atoms with Crippen LogP contribution in [-0.4, -0.2) is 99.7 Å². The third kappa shape index (κ3) is 8.41. The van der Waals surface area contributed by atoms with Gasteiger partial charge in [-0.15, -0.1) is 24.0 Å². The minimum atomic E-state index is 0. The number of halogens is 1. The minimum Gasteiger partial charge on any atom is -0.356 e. The molecule has 0 radical (unpaired) electrons. The molecule has 0 aromatic heterocycles. The monoisotopic (exact) mass is 466 g/mol. The van der Waals surface area contributed by atoms with Crippen LogP contribution in [-0.2, 0) is 0 Å². The van der Waals surface area contributed by atoms with E-state index < -0.39 is 0 Å². The predicted molar refractivity (Wildman–Crippen MR) is 118 cm³/mol. The number of hydrogen-bond donors (Lipinski definition) is 2. The average molecular weight is 466 g/mol. The van der Waals surface area contributed by atoms with E-state index in [-0.39, 0.29) is 24.0 Å². The lowest BCUT2D eigenvalue weighted by Gasteiger charge is -2.24. The molecular weight excluding hydrogens is 427 g/mol. The SMILES string of the molecule is CCN1CCCC1CNC(=NC)NCCCN1CCCN(C)CC1.I. The molecule has 1 atom stereocenters. The van der Waals surface area contributed by atoms with Crippen molar-refractivity contribution < 1.29 is 0 Å².